The maximum Gasteiger partial charge on any atom is 0.390 e. The Kier molecular flexibility index (Phi) is 10.5. The molecule has 1 heterocycles. The molecule has 0 unspecified atom stereocenters. The molecule has 0 saturated carbocycles. The highest BCUT2D eigenvalue weighted by molar-refractivity contribution is 14.0. The van der Waals surface area contributed by atoms with Crippen LogP contribution in [0.5, 0.6) is 0 Å². The Morgan fingerprint density at radius 3 is 2.43 bits per heavy atom. The number of nitrogens with one attached hydrogen (secondary N) is 2. The first-order valence-electron chi connectivity index (χ1n) is 7.42. The molecule has 0 atom stereocenters. The fourth-order valence-corrected chi connectivity index (χ4v) is 2.26. The van der Waals surface area contributed by atoms with Gasteiger partial charge in [-0.2, -0.15) is 13.2 Å². The lowest BCUT2D eigenvalue weighted by atomic mass is 10.1. The number of hydrogen-bond donors (Lipinski definition) is 3. The number of guanidine groups is 1. The Bertz CT molecular complexity index is 384. The Hall–Kier alpha value is -0.780. The lowest BCUT2D eigenvalue weighted by molar-refractivity contribution is -0.132. The molecule has 1 saturated heterocycles. The predicted molar refractivity (Wildman–Crippen MR) is 93.9 cm³/mol. The van der Waals surface area contributed by atoms with E-state index in [1.54, 1.807) is 0 Å². The van der Waals surface area contributed by atoms with Crippen LogP contribution in [0.2, 0.25) is 0 Å². The number of halogens is 4. The van der Waals surface area contributed by atoms with Crippen LogP contribution in [-0.4, -0.2) is 61.7 Å². The van der Waals surface area contributed by atoms with Crippen LogP contribution < -0.4 is 16.4 Å². The zero-order valence-electron chi connectivity index (χ0n) is 13.2. The Morgan fingerprint density at radius 2 is 1.96 bits per heavy atom. The van der Waals surface area contributed by atoms with Crippen molar-refractivity contribution in [3.63, 3.8) is 0 Å². The average molecular weight is 451 g/mol. The van der Waals surface area contributed by atoms with Crippen molar-refractivity contribution in [1.82, 2.24) is 15.5 Å². The van der Waals surface area contributed by atoms with E-state index in [4.69, 9.17) is 5.73 Å². The van der Waals surface area contributed by atoms with Crippen LogP contribution in [0.1, 0.15) is 26.2 Å². The summed E-state index contributed by atoms with van der Waals surface area (Å²) in [6, 6.07) is 0.132. The Morgan fingerprint density at radius 1 is 1.35 bits per heavy atom. The summed E-state index contributed by atoms with van der Waals surface area (Å²) in [5.74, 6) is 0.0496. The number of piperidine rings is 1. The molecule has 4 N–H and O–H groups in total. The summed E-state index contributed by atoms with van der Waals surface area (Å²) in [5, 5.41) is 6.09. The van der Waals surface area contributed by atoms with Gasteiger partial charge in [-0.25, -0.2) is 0 Å². The topological polar surface area (TPSA) is 82.8 Å². The summed E-state index contributed by atoms with van der Waals surface area (Å²) in [5.41, 5.74) is 5.15. The lowest BCUT2D eigenvalue weighted by Gasteiger charge is -2.32. The summed E-state index contributed by atoms with van der Waals surface area (Å²) in [6.45, 7) is 3.84. The molecule has 23 heavy (non-hydrogen) atoms. The minimum atomic E-state index is -4.19. The van der Waals surface area contributed by atoms with Crippen LogP contribution >= 0.6 is 24.0 Å². The fourth-order valence-electron chi connectivity index (χ4n) is 2.26. The highest BCUT2D eigenvalue weighted by Crippen LogP contribution is 2.19. The SMILES string of the molecule is CCNC(=NCCC(F)(F)F)NC1CCN(CC(N)=O)CC1.I. The second-order valence-electron chi connectivity index (χ2n) is 5.29. The number of alkyl halides is 3. The number of aliphatic imine (C=N–C) groups is 1. The molecule has 0 spiro atoms. The molecule has 0 aromatic heterocycles. The summed E-state index contributed by atoms with van der Waals surface area (Å²) < 4.78 is 36.4. The number of rotatable bonds is 6. The van der Waals surface area contributed by atoms with E-state index in [2.05, 4.69) is 15.6 Å². The van der Waals surface area contributed by atoms with Gasteiger partial charge in [-0.3, -0.25) is 14.7 Å². The van der Waals surface area contributed by atoms with Crippen LogP contribution in [0.25, 0.3) is 0 Å². The lowest BCUT2D eigenvalue weighted by Crippen LogP contribution is -2.49. The maximum absolute atomic E-state index is 12.1. The number of amides is 1. The third-order valence-electron chi connectivity index (χ3n) is 3.32. The van der Waals surface area contributed by atoms with Gasteiger partial charge in [0.2, 0.25) is 5.91 Å². The van der Waals surface area contributed by atoms with Crippen LogP contribution in [0.15, 0.2) is 4.99 Å². The minimum Gasteiger partial charge on any atom is -0.369 e. The zero-order valence-corrected chi connectivity index (χ0v) is 15.5. The normalized spacial score (nSPS) is 17.5. The van der Waals surface area contributed by atoms with Crippen molar-refractivity contribution in [3.8, 4) is 0 Å². The molecule has 6 nitrogen and oxygen atoms in total. The van der Waals surface area contributed by atoms with Crippen LogP contribution in [-0.2, 0) is 4.79 Å². The quantitative estimate of drug-likeness (QED) is 0.321. The zero-order chi connectivity index (χ0) is 16.6. The van der Waals surface area contributed by atoms with E-state index >= 15 is 0 Å². The van der Waals surface area contributed by atoms with Gasteiger partial charge in [-0.1, -0.05) is 0 Å². The molecule has 1 rings (SSSR count). The second kappa shape index (κ2) is 10.9. The van der Waals surface area contributed by atoms with Gasteiger partial charge >= 0.3 is 6.18 Å². The summed E-state index contributed by atoms with van der Waals surface area (Å²) >= 11 is 0. The molecular weight excluding hydrogens is 426 g/mol. The summed E-state index contributed by atoms with van der Waals surface area (Å²) in [7, 11) is 0. The number of primary amides is 1. The van der Waals surface area contributed by atoms with Crippen LogP contribution in [0, 0.1) is 0 Å². The predicted octanol–water partition coefficient (Wildman–Crippen LogP) is 1.06. The number of nitrogens with zero attached hydrogens (tertiary/aromatic N) is 2. The molecule has 1 fully saturated rings. The van der Waals surface area contributed by atoms with Crippen molar-refractivity contribution < 1.29 is 18.0 Å². The van der Waals surface area contributed by atoms with Gasteiger partial charge in [0, 0.05) is 25.7 Å². The number of hydrogen-bond acceptors (Lipinski definition) is 3. The molecule has 1 aliphatic rings. The van der Waals surface area contributed by atoms with E-state index in [0.717, 1.165) is 25.9 Å². The van der Waals surface area contributed by atoms with E-state index in [9.17, 15) is 18.0 Å². The monoisotopic (exact) mass is 451 g/mol. The molecule has 0 radical (unpaired) electrons. The van der Waals surface area contributed by atoms with Crippen LogP contribution in [0.4, 0.5) is 13.2 Å². The van der Waals surface area contributed by atoms with Gasteiger partial charge < -0.3 is 16.4 Å². The molecule has 0 aromatic rings. The van der Waals surface area contributed by atoms with Crippen LogP contribution in [0.3, 0.4) is 0 Å². The third-order valence-corrected chi connectivity index (χ3v) is 3.32. The molecular formula is C13H25F3IN5O. The van der Waals surface area contributed by atoms with Crippen molar-refractivity contribution in [2.45, 2.75) is 38.4 Å². The number of likely N-dealkylation sites (tertiary alicyclic amines) is 1. The van der Waals surface area contributed by atoms with Gasteiger partial charge in [-0.05, 0) is 19.8 Å². The van der Waals surface area contributed by atoms with E-state index in [-0.39, 0.29) is 49.0 Å². The first kappa shape index (κ1) is 22.2. The first-order chi connectivity index (χ1) is 10.3. The Labute approximate surface area is 151 Å². The maximum atomic E-state index is 12.1. The van der Waals surface area contributed by atoms with Crippen molar-refractivity contribution in [2.24, 2.45) is 10.7 Å². The van der Waals surface area contributed by atoms with E-state index in [1.165, 1.54) is 0 Å². The standard InChI is InChI=1S/C13H24F3N5O.HI/c1-2-18-12(19-6-5-13(14,15)16)20-10-3-7-21(8-4-10)9-11(17)22;/h10H,2-9H2,1H3,(H2,17,22)(H2,18,19,20);1H. The average Bonchev–Trinajstić information content (AvgIpc) is 2.39. The van der Waals surface area contributed by atoms with Crippen molar-refractivity contribution in [3.05, 3.63) is 0 Å². The summed E-state index contributed by atoms with van der Waals surface area (Å²) in [4.78, 5) is 16.8. The smallest absolute Gasteiger partial charge is 0.369 e. The molecule has 1 aliphatic heterocycles. The summed E-state index contributed by atoms with van der Waals surface area (Å²) in [6.07, 6.45) is -3.55. The van der Waals surface area contributed by atoms with E-state index in [0.29, 0.717) is 12.5 Å². The fraction of sp³-hybridized carbons (Fsp3) is 0.846. The van der Waals surface area contributed by atoms with Crippen molar-refractivity contribution in [2.75, 3.05) is 32.7 Å². The number of carbonyl (C=O) groups excluding carboxylic acids is 1. The molecule has 0 aromatic carbocycles. The van der Waals surface area contributed by atoms with Gasteiger partial charge in [0.1, 0.15) is 0 Å². The number of nitrogens with two attached hydrogens (primary N) is 1. The largest absolute Gasteiger partial charge is 0.390 e. The number of carbonyl (C=O) groups is 1. The molecule has 0 aliphatic carbocycles. The molecule has 0 bridgehead atoms. The minimum absolute atomic E-state index is 0. The molecule has 10 heteroatoms. The second-order valence-corrected chi connectivity index (χ2v) is 5.29. The van der Waals surface area contributed by atoms with Gasteiger partial charge in [0.05, 0.1) is 19.5 Å². The van der Waals surface area contributed by atoms with Crippen molar-refractivity contribution in [1.29, 1.82) is 0 Å². The molecule has 1 amide bonds. The van der Waals surface area contributed by atoms with E-state index in [1.807, 2.05) is 11.8 Å². The third kappa shape index (κ3) is 10.6. The van der Waals surface area contributed by atoms with E-state index < -0.39 is 12.6 Å². The van der Waals surface area contributed by atoms with Gasteiger partial charge in [0.25, 0.3) is 0 Å². The van der Waals surface area contributed by atoms with Gasteiger partial charge in [-0.15, -0.1) is 24.0 Å². The molecule has 136 valence electrons. The highest BCUT2D eigenvalue weighted by Gasteiger charge is 2.26. The first-order valence-corrected chi connectivity index (χ1v) is 7.42. The Balaban J connectivity index is 0.00000484. The highest BCUT2D eigenvalue weighted by atomic mass is 127. The van der Waals surface area contributed by atoms with Gasteiger partial charge in [0.15, 0.2) is 5.96 Å². The van der Waals surface area contributed by atoms with Crippen molar-refractivity contribution >= 4 is 35.8 Å².